The molecule has 2 fully saturated rings. The van der Waals surface area contributed by atoms with Gasteiger partial charge in [-0.25, -0.2) is 4.39 Å². The van der Waals surface area contributed by atoms with Crippen LogP contribution in [-0.2, 0) is 6.42 Å². The lowest BCUT2D eigenvalue weighted by atomic mass is 10.0. The second-order valence-corrected chi connectivity index (χ2v) is 6.50. The molecule has 3 unspecified atom stereocenters. The highest BCUT2D eigenvalue weighted by molar-refractivity contribution is 5.55. The van der Waals surface area contributed by atoms with Crippen LogP contribution in [0.2, 0.25) is 0 Å². The maximum absolute atomic E-state index is 13.6. The first-order valence-corrected chi connectivity index (χ1v) is 7.96. The first-order valence-electron chi connectivity index (χ1n) is 7.96. The minimum atomic E-state index is -0.147. The molecule has 1 aliphatic heterocycles. The number of nitrogens with two attached hydrogens (primary N) is 1. The summed E-state index contributed by atoms with van der Waals surface area (Å²) in [5.74, 6) is 1.56. The van der Waals surface area contributed by atoms with Gasteiger partial charge in [0.25, 0.3) is 0 Å². The highest BCUT2D eigenvalue weighted by Crippen LogP contribution is 2.40. The van der Waals surface area contributed by atoms with Gasteiger partial charge in [-0.3, -0.25) is 0 Å². The van der Waals surface area contributed by atoms with E-state index in [1.165, 1.54) is 24.9 Å². The predicted molar refractivity (Wildman–Crippen MR) is 81.4 cm³/mol. The summed E-state index contributed by atoms with van der Waals surface area (Å²) in [4.78, 5) is 2.46. The first-order chi connectivity index (χ1) is 9.67. The Kier molecular flexibility index (Phi) is 3.97. The van der Waals surface area contributed by atoms with Crippen LogP contribution in [0.4, 0.5) is 10.1 Å². The van der Waals surface area contributed by atoms with Gasteiger partial charge in [-0.2, -0.15) is 0 Å². The van der Waals surface area contributed by atoms with Crippen molar-refractivity contribution in [2.75, 3.05) is 18.0 Å². The van der Waals surface area contributed by atoms with Gasteiger partial charge in [0.05, 0.1) is 0 Å². The Morgan fingerprint density at radius 2 is 2.00 bits per heavy atom. The average molecular weight is 276 g/mol. The topological polar surface area (TPSA) is 29.3 Å². The van der Waals surface area contributed by atoms with E-state index in [0.717, 1.165) is 43.3 Å². The van der Waals surface area contributed by atoms with Gasteiger partial charge in [0.15, 0.2) is 0 Å². The fourth-order valence-electron chi connectivity index (χ4n) is 3.88. The molecule has 2 aliphatic rings. The lowest BCUT2D eigenvalue weighted by Gasteiger charge is -2.24. The van der Waals surface area contributed by atoms with Crippen LogP contribution in [0.3, 0.4) is 0 Å². The van der Waals surface area contributed by atoms with E-state index in [9.17, 15) is 4.39 Å². The summed E-state index contributed by atoms with van der Waals surface area (Å²) in [5, 5.41) is 0. The Bertz CT molecular complexity index is 462. The van der Waals surface area contributed by atoms with Gasteiger partial charge >= 0.3 is 0 Å². The third kappa shape index (κ3) is 2.69. The highest BCUT2D eigenvalue weighted by atomic mass is 19.1. The number of halogens is 1. The molecular weight excluding hydrogens is 251 g/mol. The number of fused-ring (bicyclic) bond motifs is 1. The van der Waals surface area contributed by atoms with E-state index in [4.69, 9.17) is 5.73 Å². The molecule has 0 radical (unpaired) electrons. The zero-order valence-electron chi connectivity index (χ0n) is 12.3. The minimum Gasteiger partial charge on any atom is -0.371 e. The molecule has 20 heavy (non-hydrogen) atoms. The molecule has 1 aliphatic carbocycles. The maximum atomic E-state index is 13.6. The number of benzene rings is 1. The molecule has 0 aromatic heterocycles. The van der Waals surface area contributed by atoms with Crippen LogP contribution < -0.4 is 10.6 Å². The molecule has 2 N–H and O–H groups in total. The molecule has 110 valence electrons. The molecule has 1 saturated heterocycles. The zero-order chi connectivity index (χ0) is 14.1. The molecule has 0 spiro atoms. The van der Waals surface area contributed by atoms with Crippen molar-refractivity contribution in [3.63, 3.8) is 0 Å². The number of nitrogens with zero attached hydrogens (tertiary/aromatic N) is 1. The molecule has 0 bridgehead atoms. The van der Waals surface area contributed by atoms with Crippen molar-refractivity contribution in [2.24, 2.45) is 17.6 Å². The molecule has 1 heterocycles. The SMILES string of the molecule is CCC(N)Cc1cc(F)ccc1N1CC2CCCC2C1. The van der Waals surface area contributed by atoms with Crippen LogP contribution in [0.25, 0.3) is 0 Å². The molecule has 1 aromatic carbocycles. The van der Waals surface area contributed by atoms with Crippen molar-refractivity contribution >= 4 is 5.69 Å². The molecule has 3 rings (SSSR count). The molecule has 3 atom stereocenters. The van der Waals surface area contributed by atoms with Gasteiger partial charge < -0.3 is 10.6 Å². The summed E-state index contributed by atoms with van der Waals surface area (Å²) >= 11 is 0. The van der Waals surface area contributed by atoms with E-state index in [1.54, 1.807) is 12.1 Å². The van der Waals surface area contributed by atoms with Crippen LogP contribution >= 0.6 is 0 Å². The fourth-order valence-corrected chi connectivity index (χ4v) is 3.88. The summed E-state index contributed by atoms with van der Waals surface area (Å²) in [5.41, 5.74) is 8.37. The molecule has 1 aromatic rings. The van der Waals surface area contributed by atoms with Crippen molar-refractivity contribution < 1.29 is 4.39 Å². The second-order valence-electron chi connectivity index (χ2n) is 6.50. The van der Waals surface area contributed by atoms with Crippen molar-refractivity contribution in [1.29, 1.82) is 0 Å². The van der Waals surface area contributed by atoms with E-state index in [0.29, 0.717) is 0 Å². The van der Waals surface area contributed by atoms with Crippen LogP contribution in [0.1, 0.15) is 38.2 Å². The minimum absolute atomic E-state index is 0.123. The zero-order valence-corrected chi connectivity index (χ0v) is 12.3. The second kappa shape index (κ2) is 5.72. The van der Waals surface area contributed by atoms with Gasteiger partial charge in [0, 0.05) is 24.8 Å². The smallest absolute Gasteiger partial charge is 0.123 e. The highest BCUT2D eigenvalue weighted by Gasteiger charge is 2.36. The summed E-state index contributed by atoms with van der Waals surface area (Å²) in [6.45, 7) is 4.37. The summed E-state index contributed by atoms with van der Waals surface area (Å²) in [7, 11) is 0. The Labute approximate surface area is 121 Å². The monoisotopic (exact) mass is 276 g/mol. The van der Waals surface area contributed by atoms with E-state index in [1.807, 2.05) is 6.07 Å². The number of rotatable bonds is 4. The van der Waals surface area contributed by atoms with E-state index in [2.05, 4.69) is 11.8 Å². The molecule has 2 nitrogen and oxygen atoms in total. The summed E-state index contributed by atoms with van der Waals surface area (Å²) < 4.78 is 13.6. The Hall–Kier alpha value is -1.09. The molecular formula is C17H25FN2. The number of hydrogen-bond donors (Lipinski definition) is 1. The van der Waals surface area contributed by atoms with Gasteiger partial charge in [-0.1, -0.05) is 13.3 Å². The van der Waals surface area contributed by atoms with Crippen LogP contribution in [0.15, 0.2) is 18.2 Å². The molecule has 0 amide bonds. The van der Waals surface area contributed by atoms with Crippen LogP contribution in [0, 0.1) is 17.7 Å². The Morgan fingerprint density at radius 1 is 1.30 bits per heavy atom. The quantitative estimate of drug-likeness (QED) is 0.914. The van der Waals surface area contributed by atoms with Gasteiger partial charge in [0.2, 0.25) is 0 Å². The van der Waals surface area contributed by atoms with Gasteiger partial charge in [-0.15, -0.1) is 0 Å². The molecule has 3 heteroatoms. The van der Waals surface area contributed by atoms with Gasteiger partial charge in [0.1, 0.15) is 5.82 Å². The number of hydrogen-bond acceptors (Lipinski definition) is 2. The maximum Gasteiger partial charge on any atom is 0.123 e. The van der Waals surface area contributed by atoms with Gasteiger partial charge in [-0.05, 0) is 61.3 Å². The molecule has 1 saturated carbocycles. The third-order valence-electron chi connectivity index (χ3n) is 5.11. The largest absolute Gasteiger partial charge is 0.371 e. The Balaban J connectivity index is 1.81. The van der Waals surface area contributed by atoms with E-state index >= 15 is 0 Å². The van der Waals surface area contributed by atoms with Crippen molar-refractivity contribution in [1.82, 2.24) is 0 Å². The van der Waals surface area contributed by atoms with E-state index in [-0.39, 0.29) is 11.9 Å². The van der Waals surface area contributed by atoms with Crippen molar-refractivity contribution in [2.45, 2.75) is 45.1 Å². The lowest BCUT2D eigenvalue weighted by Crippen LogP contribution is -2.26. The van der Waals surface area contributed by atoms with Crippen molar-refractivity contribution in [3.05, 3.63) is 29.6 Å². The summed E-state index contributed by atoms with van der Waals surface area (Å²) in [6.07, 6.45) is 5.83. The summed E-state index contributed by atoms with van der Waals surface area (Å²) in [6, 6.07) is 5.34. The van der Waals surface area contributed by atoms with E-state index < -0.39 is 0 Å². The van der Waals surface area contributed by atoms with Crippen LogP contribution in [0.5, 0.6) is 0 Å². The van der Waals surface area contributed by atoms with Crippen LogP contribution in [-0.4, -0.2) is 19.1 Å². The lowest BCUT2D eigenvalue weighted by molar-refractivity contribution is 0.494. The van der Waals surface area contributed by atoms with Crippen molar-refractivity contribution in [3.8, 4) is 0 Å². The normalized spacial score (nSPS) is 26.9. The Morgan fingerprint density at radius 3 is 2.65 bits per heavy atom. The first kappa shape index (κ1) is 13.9. The average Bonchev–Trinajstić information content (AvgIpc) is 2.99. The predicted octanol–water partition coefficient (Wildman–Crippen LogP) is 3.34. The fraction of sp³-hybridized carbons (Fsp3) is 0.647. The standard InChI is InChI=1S/C17H25FN2/c1-2-16(19)9-14-8-15(18)6-7-17(14)20-10-12-4-3-5-13(12)11-20/h6-8,12-13,16H,2-5,9-11,19H2,1H3. The third-order valence-corrected chi connectivity index (χ3v) is 5.11. The number of anilines is 1.